The van der Waals surface area contributed by atoms with Crippen LogP contribution < -0.4 is 26.0 Å². The summed E-state index contributed by atoms with van der Waals surface area (Å²) < 4.78 is 11.0. The van der Waals surface area contributed by atoms with Gasteiger partial charge in [-0.15, -0.1) is 0 Å². The van der Waals surface area contributed by atoms with Crippen LogP contribution in [0.5, 0.6) is 5.75 Å². The minimum atomic E-state index is -0.317. The fourth-order valence-corrected chi connectivity index (χ4v) is 6.38. The average Bonchev–Trinajstić information content (AvgIpc) is 3.81. The molecule has 1 spiro atoms. The van der Waals surface area contributed by atoms with Gasteiger partial charge < -0.3 is 30.7 Å². The summed E-state index contributed by atoms with van der Waals surface area (Å²) in [6.07, 6.45) is 5.21. The molecular formula is C33H44N6O5. The molecule has 2 aliphatic heterocycles. The predicted octanol–water partition coefficient (Wildman–Crippen LogP) is 3.37. The van der Waals surface area contributed by atoms with Gasteiger partial charge in [-0.05, 0) is 105 Å². The molecule has 3 aliphatic rings. The van der Waals surface area contributed by atoms with Crippen molar-refractivity contribution in [3.63, 3.8) is 0 Å². The Hall–Kier alpha value is -4.12. The number of hydrogen-bond donors (Lipinski definition) is 4. The summed E-state index contributed by atoms with van der Waals surface area (Å²) >= 11 is 0. The van der Waals surface area contributed by atoms with Gasteiger partial charge in [0.2, 0.25) is 5.91 Å². The molecule has 2 heterocycles. The van der Waals surface area contributed by atoms with Gasteiger partial charge in [0.25, 0.3) is 5.91 Å². The summed E-state index contributed by atoms with van der Waals surface area (Å²) in [5.41, 5.74) is 9.32. The van der Waals surface area contributed by atoms with Gasteiger partial charge in [0.05, 0.1) is 19.3 Å². The first-order chi connectivity index (χ1) is 21.2. The molecule has 5 rings (SSSR count). The fraction of sp³-hybridized carbons (Fsp3) is 0.515. The van der Waals surface area contributed by atoms with Gasteiger partial charge in [-0.1, -0.05) is 0 Å². The Bertz CT molecular complexity index is 1380. The summed E-state index contributed by atoms with van der Waals surface area (Å²) in [6, 6.07) is 11.2. The van der Waals surface area contributed by atoms with Crippen LogP contribution in [0.2, 0.25) is 0 Å². The van der Waals surface area contributed by atoms with Crippen LogP contribution in [0.1, 0.15) is 83.2 Å². The number of nitrogens with one attached hydrogen (secondary N) is 3. The lowest BCUT2D eigenvalue weighted by Gasteiger charge is -2.39. The number of piperidine rings is 1. The maximum Gasteiger partial charge on any atom is 0.338 e. The van der Waals surface area contributed by atoms with Crippen molar-refractivity contribution in [2.75, 3.05) is 51.3 Å². The van der Waals surface area contributed by atoms with Gasteiger partial charge in [-0.3, -0.25) is 19.9 Å². The van der Waals surface area contributed by atoms with Crippen molar-refractivity contribution in [1.29, 1.82) is 5.41 Å². The van der Waals surface area contributed by atoms with Crippen LogP contribution in [0, 0.1) is 10.8 Å². The molecule has 0 bridgehead atoms. The van der Waals surface area contributed by atoms with E-state index in [9.17, 15) is 14.4 Å². The summed E-state index contributed by atoms with van der Waals surface area (Å²) in [4.78, 5) is 42.5. The fourth-order valence-electron chi connectivity index (χ4n) is 6.38. The van der Waals surface area contributed by atoms with Crippen LogP contribution in [0.25, 0.3) is 0 Å². The second kappa shape index (κ2) is 13.7. The van der Waals surface area contributed by atoms with Gasteiger partial charge in [-0.2, -0.15) is 0 Å². The Balaban J connectivity index is 1.17. The smallest absolute Gasteiger partial charge is 0.338 e. The van der Waals surface area contributed by atoms with Crippen LogP contribution in [-0.2, 0) is 16.1 Å². The van der Waals surface area contributed by atoms with E-state index in [0.717, 1.165) is 67.9 Å². The van der Waals surface area contributed by atoms with E-state index in [2.05, 4.69) is 21.6 Å². The number of carbonyl (C=O) groups is 3. The second-order valence-electron chi connectivity index (χ2n) is 12.2. The number of carbonyl (C=O) groups excluding carboxylic acids is 3. The number of nitrogens with two attached hydrogens (primary N) is 1. The number of hydrogen-bond acceptors (Lipinski definition) is 7. The van der Waals surface area contributed by atoms with Crippen molar-refractivity contribution in [3.8, 4) is 5.75 Å². The van der Waals surface area contributed by atoms with E-state index >= 15 is 0 Å². The molecule has 0 radical (unpaired) electrons. The highest BCUT2D eigenvalue weighted by molar-refractivity contribution is 5.98. The molecule has 1 saturated carbocycles. The van der Waals surface area contributed by atoms with Crippen LogP contribution in [0.15, 0.2) is 36.4 Å². The first-order valence-electron chi connectivity index (χ1n) is 15.6. The molecule has 11 heteroatoms. The van der Waals surface area contributed by atoms with Gasteiger partial charge >= 0.3 is 5.97 Å². The Labute approximate surface area is 258 Å². The first-order valence-corrected chi connectivity index (χ1v) is 15.6. The number of amides is 2. The van der Waals surface area contributed by atoms with Crippen LogP contribution in [0.3, 0.4) is 0 Å². The molecule has 236 valence electrons. The molecule has 11 nitrogen and oxygen atoms in total. The van der Waals surface area contributed by atoms with Crippen LogP contribution in [-0.4, -0.2) is 75.1 Å². The highest BCUT2D eigenvalue weighted by Crippen LogP contribution is 2.45. The standard InChI is InChI=1S/C33H44N6O5/c1-3-44-28-18-27(31(42)43-2)26(22-5-6-22)17-24(28)20-38-15-11-33(12-16-38)19-29(40)39(21-33)25-9-7-23(8-10-25)30(41)36-13-4-14-37-32(34)35/h7-10,17-18,22H,3-6,11-16,19-21H2,1-2H3,(H,36,41)(H4,34,35,37). The molecule has 1 aliphatic carbocycles. The lowest BCUT2D eigenvalue weighted by atomic mass is 9.77. The Morgan fingerprint density at radius 1 is 1.09 bits per heavy atom. The molecule has 5 N–H and O–H groups in total. The number of ether oxygens (including phenoxy) is 2. The second-order valence-corrected chi connectivity index (χ2v) is 12.2. The zero-order chi connectivity index (χ0) is 31.3. The highest BCUT2D eigenvalue weighted by atomic mass is 16.5. The van der Waals surface area contributed by atoms with Gasteiger partial charge in [-0.25, -0.2) is 4.79 Å². The third-order valence-electron chi connectivity index (χ3n) is 8.98. The lowest BCUT2D eigenvalue weighted by Crippen LogP contribution is -2.41. The van der Waals surface area contributed by atoms with E-state index in [1.807, 2.05) is 30.0 Å². The number of benzene rings is 2. The van der Waals surface area contributed by atoms with E-state index in [4.69, 9.17) is 20.6 Å². The monoisotopic (exact) mass is 604 g/mol. The first kappa shape index (κ1) is 31.3. The number of rotatable bonds is 12. The highest BCUT2D eigenvalue weighted by Gasteiger charge is 2.45. The normalized spacial score (nSPS) is 17.9. The Morgan fingerprint density at radius 2 is 1.80 bits per heavy atom. The number of esters is 1. The number of anilines is 1. The zero-order valence-corrected chi connectivity index (χ0v) is 25.7. The van der Waals surface area contributed by atoms with E-state index in [0.29, 0.717) is 56.1 Å². The lowest BCUT2D eigenvalue weighted by molar-refractivity contribution is -0.118. The topological polar surface area (TPSA) is 150 Å². The van der Waals surface area contributed by atoms with Crippen LogP contribution >= 0.6 is 0 Å². The maximum atomic E-state index is 13.2. The van der Waals surface area contributed by atoms with Crippen molar-refractivity contribution in [3.05, 3.63) is 58.7 Å². The molecule has 0 unspecified atom stereocenters. The number of nitrogens with zero attached hydrogens (tertiary/aromatic N) is 2. The molecular weight excluding hydrogens is 560 g/mol. The minimum absolute atomic E-state index is 0.0613. The van der Waals surface area contributed by atoms with Crippen molar-refractivity contribution in [1.82, 2.24) is 15.5 Å². The van der Waals surface area contributed by atoms with E-state index in [1.165, 1.54) is 7.11 Å². The van der Waals surface area contributed by atoms with Crippen molar-refractivity contribution in [2.24, 2.45) is 11.1 Å². The maximum absolute atomic E-state index is 13.2. The van der Waals surface area contributed by atoms with Gasteiger partial charge in [0.1, 0.15) is 5.75 Å². The molecule has 2 amide bonds. The molecule has 2 aromatic carbocycles. The Morgan fingerprint density at radius 3 is 2.43 bits per heavy atom. The molecule has 2 aromatic rings. The van der Waals surface area contributed by atoms with Crippen molar-refractivity contribution >= 4 is 29.4 Å². The van der Waals surface area contributed by atoms with E-state index in [1.54, 1.807) is 12.1 Å². The SMILES string of the molecule is CCOc1cc(C(=O)OC)c(C2CC2)cc1CN1CCC2(CC1)CC(=O)N(c1ccc(C(=O)NCCCNC(=N)N)cc1)C2. The molecule has 44 heavy (non-hydrogen) atoms. The quantitative estimate of drug-likeness (QED) is 0.125. The third kappa shape index (κ3) is 7.32. The van der Waals surface area contributed by atoms with Gasteiger partial charge in [0.15, 0.2) is 5.96 Å². The summed E-state index contributed by atoms with van der Waals surface area (Å²) in [5.74, 6) is 0.693. The average molecular weight is 605 g/mol. The van der Waals surface area contributed by atoms with E-state index < -0.39 is 0 Å². The molecule has 0 aromatic heterocycles. The molecule has 3 fully saturated rings. The predicted molar refractivity (Wildman–Crippen MR) is 168 cm³/mol. The minimum Gasteiger partial charge on any atom is -0.494 e. The summed E-state index contributed by atoms with van der Waals surface area (Å²) in [6.45, 7) is 6.63. The van der Waals surface area contributed by atoms with Crippen molar-refractivity contribution in [2.45, 2.75) is 57.9 Å². The summed E-state index contributed by atoms with van der Waals surface area (Å²) in [7, 11) is 1.42. The third-order valence-corrected chi connectivity index (χ3v) is 8.98. The van der Waals surface area contributed by atoms with Crippen molar-refractivity contribution < 1.29 is 23.9 Å². The number of methoxy groups -OCH3 is 1. The van der Waals surface area contributed by atoms with Gasteiger partial charge in [0, 0.05) is 49.4 Å². The van der Waals surface area contributed by atoms with E-state index in [-0.39, 0.29) is 29.2 Å². The summed E-state index contributed by atoms with van der Waals surface area (Å²) in [5, 5.41) is 12.7. The Kier molecular flexibility index (Phi) is 9.73. The number of likely N-dealkylation sites (tertiary alicyclic amines) is 1. The van der Waals surface area contributed by atoms with Crippen LogP contribution in [0.4, 0.5) is 5.69 Å². The zero-order valence-electron chi connectivity index (χ0n) is 25.7. The molecule has 2 saturated heterocycles. The largest absolute Gasteiger partial charge is 0.494 e. The molecule has 0 atom stereocenters. The number of guanidine groups is 1.